The van der Waals surface area contributed by atoms with E-state index in [1.165, 1.54) is 86.9 Å². The summed E-state index contributed by atoms with van der Waals surface area (Å²) >= 11 is 1.91. The molecule has 59 heavy (non-hydrogen) atoms. The van der Waals surface area contributed by atoms with E-state index in [2.05, 4.69) is 231 Å². The highest BCUT2D eigenvalue weighted by atomic mass is 32.1. The quantitative estimate of drug-likeness (QED) is 0.156. The number of hydrogen-bond acceptors (Lipinski definition) is 2. The highest BCUT2D eigenvalue weighted by molar-refractivity contribution is 7.26. The third kappa shape index (κ3) is 5.99. The van der Waals surface area contributed by atoms with E-state index in [4.69, 9.17) is 0 Å². The van der Waals surface area contributed by atoms with Crippen molar-refractivity contribution < 1.29 is 0 Å². The number of hydrogen-bond donors (Lipinski definition) is 0. The molecule has 1 aliphatic rings. The van der Waals surface area contributed by atoms with Gasteiger partial charge >= 0.3 is 0 Å². The molecule has 0 radical (unpaired) electrons. The highest BCUT2D eigenvalue weighted by Crippen LogP contribution is 2.56. The second kappa shape index (κ2) is 14.1. The van der Waals surface area contributed by atoms with Gasteiger partial charge in [0.05, 0.1) is 0 Å². The van der Waals surface area contributed by atoms with Gasteiger partial charge in [0.1, 0.15) is 0 Å². The Bertz CT molecular complexity index is 3130. The normalized spacial score (nSPS) is 12.7. The van der Waals surface area contributed by atoms with Gasteiger partial charge in [0, 0.05) is 42.6 Å². The summed E-state index contributed by atoms with van der Waals surface area (Å²) in [5.41, 5.74) is 18.6. The van der Waals surface area contributed by atoms with Crippen LogP contribution in [0.4, 0.5) is 17.1 Å². The maximum absolute atomic E-state index is 2.49. The van der Waals surface area contributed by atoms with Crippen LogP contribution in [0.15, 0.2) is 212 Å². The van der Waals surface area contributed by atoms with Crippen LogP contribution in [0, 0.1) is 0 Å². The van der Waals surface area contributed by atoms with Crippen molar-refractivity contribution in [3.63, 3.8) is 0 Å². The number of anilines is 3. The Morgan fingerprint density at radius 3 is 1.34 bits per heavy atom. The molecular formula is C57H41NS. The lowest BCUT2D eigenvalue weighted by atomic mass is 9.81. The third-order valence-corrected chi connectivity index (χ3v) is 13.4. The van der Waals surface area contributed by atoms with Crippen molar-refractivity contribution in [3.8, 4) is 55.6 Å². The SMILES string of the molecule is CC1(C)c2ccccc2-c2c1cc1sc3ccc(N(c4ccc(-c5ccccc5)cc4)c4ccc(-c5ccc(-c6ccccc6)cc5)cc4)cc3c1c2-c1ccccc1. The maximum atomic E-state index is 2.49. The molecule has 1 heterocycles. The van der Waals surface area contributed by atoms with Gasteiger partial charge in [0.15, 0.2) is 0 Å². The molecule has 0 spiro atoms. The van der Waals surface area contributed by atoms with E-state index < -0.39 is 0 Å². The molecule has 0 saturated carbocycles. The molecule has 0 bridgehead atoms. The second-order valence-electron chi connectivity index (χ2n) is 16.1. The predicted octanol–water partition coefficient (Wildman–Crippen LogP) is 16.5. The molecule has 0 saturated heterocycles. The number of fused-ring (bicyclic) bond motifs is 6. The zero-order valence-electron chi connectivity index (χ0n) is 33.1. The molecule has 2 heteroatoms. The van der Waals surface area contributed by atoms with Crippen LogP contribution in [0.25, 0.3) is 75.8 Å². The fourth-order valence-corrected chi connectivity index (χ4v) is 10.4. The molecular weight excluding hydrogens is 731 g/mol. The molecule has 0 amide bonds. The van der Waals surface area contributed by atoms with E-state index in [0.29, 0.717) is 0 Å². The average Bonchev–Trinajstić information content (AvgIpc) is 3.78. The first-order valence-electron chi connectivity index (χ1n) is 20.4. The Hall–Kier alpha value is -7.00. The Kier molecular flexibility index (Phi) is 8.43. The third-order valence-electron chi connectivity index (χ3n) is 12.3. The summed E-state index contributed by atoms with van der Waals surface area (Å²) in [5, 5.41) is 2.62. The van der Waals surface area contributed by atoms with Gasteiger partial charge in [-0.2, -0.15) is 0 Å². The fourth-order valence-electron chi connectivity index (χ4n) is 9.29. The molecule has 0 unspecified atom stereocenters. The first-order chi connectivity index (χ1) is 29.0. The van der Waals surface area contributed by atoms with Gasteiger partial charge in [-0.25, -0.2) is 0 Å². The summed E-state index contributed by atoms with van der Waals surface area (Å²) < 4.78 is 2.63. The zero-order chi connectivity index (χ0) is 39.5. The molecule has 10 aromatic rings. The summed E-state index contributed by atoms with van der Waals surface area (Å²) in [6, 6.07) is 77.8. The molecule has 0 atom stereocenters. The molecule has 11 rings (SSSR count). The van der Waals surface area contributed by atoms with Crippen LogP contribution in [0.2, 0.25) is 0 Å². The number of rotatable bonds is 7. The summed E-state index contributed by atoms with van der Waals surface area (Å²) in [5.74, 6) is 0. The van der Waals surface area contributed by atoms with Gasteiger partial charge < -0.3 is 4.90 Å². The van der Waals surface area contributed by atoms with Crippen LogP contribution in [-0.4, -0.2) is 0 Å². The summed E-state index contributed by atoms with van der Waals surface area (Å²) in [4.78, 5) is 2.41. The minimum absolute atomic E-state index is 0.0935. The van der Waals surface area contributed by atoms with Crippen LogP contribution in [0.3, 0.4) is 0 Å². The molecule has 280 valence electrons. The zero-order valence-corrected chi connectivity index (χ0v) is 33.9. The molecule has 1 aliphatic carbocycles. The van der Waals surface area contributed by atoms with Crippen molar-refractivity contribution in [3.05, 3.63) is 223 Å². The van der Waals surface area contributed by atoms with Crippen LogP contribution < -0.4 is 4.90 Å². The Balaban J connectivity index is 1.08. The van der Waals surface area contributed by atoms with Crippen molar-refractivity contribution in [1.29, 1.82) is 0 Å². The average molecular weight is 772 g/mol. The van der Waals surface area contributed by atoms with Gasteiger partial charge in [-0.05, 0) is 115 Å². The monoisotopic (exact) mass is 771 g/mol. The standard InChI is InChI=1S/C57H41NS/c1-57(2)50-21-13-12-20-48(50)55-51(57)37-53-56(54(55)44-18-10-5-11-19-44)49-36-47(34-35-52(49)59-53)58(45-30-26-42(27-31-45)39-16-8-4-9-17-39)46-32-28-43(29-33-46)41-24-22-40(23-25-41)38-14-6-3-7-15-38/h3-37H,1-2H3. The van der Waals surface area contributed by atoms with Crippen LogP contribution >= 0.6 is 11.3 Å². The molecule has 9 aromatic carbocycles. The minimum atomic E-state index is -0.0935. The smallest absolute Gasteiger partial charge is 0.0468 e. The van der Waals surface area contributed by atoms with Crippen molar-refractivity contribution in [2.24, 2.45) is 0 Å². The van der Waals surface area contributed by atoms with Gasteiger partial charge in [-0.15, -0.1) is 11.3 Å². The minimum Gasteiger partial charge on any atom is -0.310 e. The number of thiophene rings is 1. The fraction of sp³-hybridized carbons (Fsp3) is 0.0526. The molecule has 0 N–H and O–H groups in total. The van der Waals surface area contributed by atoms with Crippen molar-refractivity contribution in [2.75, 3.05) is 4.90 Å². The van der Waals surface area contributed by atoms with Gasteiger partial charge in [-0.1, -0.05) is 178 Å². The largest absolute Gasteiger partial charge is 0.310 e. The molecule has 1 nitrogen and oxygen atoms in total. The summed E-state index contributed by atoms with van der Waals surface area (Å²) in [6.45, 7) is 4.77. The number of nitrogens with zero attached hydrogens (tertiary/aromatic N) is 1. The molecule has 1 aromatic heterocycles. The Morgan fingerprint density at radius 1 is 0.356 bits per heavy atom. The topological polar surface area (TPSA) is 3.24 Å². The second-order valence-corrected chi connectivity index (χ2v) is 17.2. The van der Waals surface area contributed by atoms with E-state index in [9.17, 15) is 0 Å². The Morgan fingerprint density at radius 2 is 0.797 bits per heavy atom. The van der Waals surface area contributed by atoms with Crippen LogP contribution in [-0.2, 0) is 5.41 Å². The maximum Gasteiger partial charge on any atom is 0.0468 e. The van der Waals surface area contributed by atoms with Gasteiger partial charge in [0.25, 0.3) is 0 Å². The highest BCUT2D eigenvalue weighted by Gasteiger charge is 2.38. The van der Waals surface area contributed by atoms with E-state index in [-0.39, 0.29) is 5.41 Å². The summed E-state index contributed by atoms with van der Waals surface area (Å²) in [6.07, 6.45) is 0. The van der Waals surface area contributed by atoms with Crippen molar-refractivity contribution >= 4 is 48.6 Å². The van der Waals surface area contributed by atoms with E-state index in [1.54, 1.807) is 0 Å². The van der Waals surface area contributed by atoms with E-state index in [1.807, 2.05) is 11.3 Å². The predicted molar refractivity (Wildman–Crippen MR) is 253 cm³/mol. The van der Waals surface area contributed by atoms with Crippen LogP contribution in [0.1, 0.15) is 25.0 Å². The lowest BCUT2D eigenvalue weighted by Crippen LogP contribution is -2.14. The van der Waals surface area contributed by atoms with Gasteiger partial charge in [-0.3, -0.25) is 0 Å². The van der Waals surface area contributed by atoms with Crippen molar-refractivity contribution in [1.82, 2.24) is 0 Å². The van der Waals surface area contributed by atoms with Gasteiger partial charge in [0.2, 0.25) is 0 Å². The first-order valence-corrected chi connectivity index (χ1v) is 21.2. The summed E-state index contributed by atoms with van der Waals surface area (Å²) in [7, 11) is 0. The van der Waals surface area contributed by atoms with Crippen molar-refractivity contribution in [2.45, 2.75) is 19.3 Å². The van der Waals surface area contributed by atoms with E-state index >= 15 is 0 Å². The Labute approximate surface area is 350 Å². The molecule has 0 fully saturated rings. The lowest BCUT2D eigenvalue weighted by Gasteiger charge is -2.26. The van der Waals surface area contributed by atoms with Crippen LogP contribution in [0.5, 0.6) is 0 Å². The first kappa shape index (κ1) is 35.2. The molecule has 0 aliphatic heterocycles. The van der Waals surface area contributed by atoms with E-state index in [0.717, 1.165) is 17.1 Å². The lowest BCUT2D eigenvalue weighted by molar-refractivity contribution is 0.661. The number of benzene rings is 9.